The molecule has 0 bridgehead atoms. The third kappa shape index (κ3) is 2.16. The van der Waals surface area contributed by atoms with Crippen LogP contribution in [-0.2, 0) is 11.3 Å². The summed E-state index contributed by atoms with van der Waals surface area (Å²) in [5, 5.41) is 10.2. The third-order valence-electron chi connectivity index (χ3n) is 3.29. The van der Waals surface area contributed by atoms with Crippen LogP contribution in [0.15, 0.2) is 17.0 Å². The normalized spacial score (nSPS) is 11.0. The predicted molar refractivity (Wildman–Crippen MR) is 79.8 cm³/mol. The van der Waals surface area contributed by atoms with Gasteiger partial charge in [0.25, 0.3) is 0 Å². The molecular weight excluding hydrogens is 286 g/mol. The van der Waals surface area contributed by atoms with Crippen molar-refractivity contribution in [2.24, 2.45) is 0 Å². The van der Waals surface area contributed by atoms with Gasteiger partial charge in [-0.05, 0) is 17.2 Å². The van der Waals surface area contributed by atoms with Gasteiger partial charge >= 0.3 is 0 Å². The summed E-state index contributed by atoms with van der Waals surface area (Å²) in [6, 6.07) is 0. The highest BCUT2D eigenvalue weighted by Crippen LogP contribution is 2.30. The van der Waals surface area contributed by atoms with Gasteiger partial charge in [-0.3, -0.25) is 9.78 Å². The summed E-state index contributed by atoms with van der Waals surface area (Å²) in [4.78, 5) is 20.3. The molecule has 3 heterocycles. The molecule has 114 valence electrons. The molecule has 9 heteroatoms. The molecule has 3 aromatic rings. The Morgan fingerprint density at radius 1 is 1.36 bits per heavy atom. The number of nitrogens with one attached hydrogen (secondary N) is 1. The zero-order valence-corrected chi connectivity index (χ0v) is 12.2. The Hall–Kier alpha value is -2.97. The highest BCUT2D eigenvalue weighted by atomic mass is 16.6. The van der Waals surface area contributed by atoms with Crippen molar-refractivity contribution in [1.29, 1.82) is 0 Å². The number of carbonyl (C=O) groups excluding carboxylic acids is 1. The number of nitrogen functional groups attached to an aromatic ring is 1. The number of fused-ring (bicyclic) bond motifs is 1. The summed E-state index contributed by atoms with van der Waals surface area (Å²) < 4.78 is 6.53. The van der Waals surface area contributed by atoms with Crippen LogP contribution in [0.2, 0.25) is 0 Å². The molecule has 22 heavy (non-hydrogen) atoms. The number of amides is 1. The van der Waals surface area contributed by atoms with Gasteiger partial charge in [-0.15, -0.1) is 0 Å². The molecule has 0 atom stereocenters. The first-order valence-electron chi connectivity index (χ1n) is 6.88. The van der Waals surface area contributed by atoms with E-state index < -0.39 is 0 Å². The monoisotopic (exact) mass is 301 g/mol. The first-order chi connectivity index (χ1) is 10.7. The van der Waals surface area contributed by atoms with Crippen molar-refractivity contribution in [2.75, 3.05) is 11.1 Å². The molecule has 0 saturated carbocycles. The zero-order valence-electron chi connectivity index (χ0n) is 12.2. The Bertz CT molecular complexity index is 836. The van der Waals surface area contributed by atoms with E-state index in [0.717, 1.165) is 5.52 Å². The Balaban J connectivity index is 2.23. The highest BCUT2D eigenvalue weighted by molar-refractivity contribution is 6.00. The molecule has 0 aromatic carbocycles. The third-order valence-corrected chi connectivity index (χ3v) is 3.29. The number of imidazole rings is 1. The number of anilines is 2. The van der Waals surface area contributed by atoms with E-state index in [1.54, 1.807) is 19.3 Å². The molecule has 3 rings (SSSR count). The van der Waals surface area contributed by atoms with E-state index in [0.29, 0.717) is 35.7 Å². The second kappa shape index (κ2) is 5.43. The van der Waals surface area contributed by atoms with Gasteiger partial charge in [-0.2, -0.15) is 0 Å². The fraction of sp³-hybridized carbons (Fsp3) is 0.308. The van der Waals surface area contributed by atoms with Crippen LogP contribution in [0.3, 0.4) is 0 Å². The second-order valence-corrected chi connectivity index (χ2v) is 4.63. The van der Waals surface area contributed by atoms with Gasteiger partial charge in [-0.1, -0.05) is 6.92 Å². The van der Waals surface area contributed by atoms with Crippen molar-refractivity contribution in [2.45, 2.75) is 26.8 Å². The van der Waals surface area contributed by atoms with Gasteiger partial charge in [-0.25, -0.2) is 9.61 Å². The molecule has 0 radical (unpaired) electrons. The summed E-state index contributed by atoms with van der Waals surface area (Å²) in [5.74, 6) is 0.593. The van der Waals surface area contributed by atoms with Crippen LogP contribution in [-0.4, -0.2) is 30.8 Å². The van der Waals surface area contributed by atoms with Gasteiger partial charge in [0.1, 0.15) is 5.52 Å². The summed E-state index contributed by atoms with van der Waals surface area (Å²) >= 11 is 0. The molecule has 0 saturated heterocycles. The lowest BCUT2D eigenvalue weighted by atomic mass is 10.3. The Morgan fingerprint density at radius 3 is 2.82 bits per heavy atom. The molecule has 0 aliphatic rings. The maximum absolute atomic E-state index is 11.7. The largest absolute Gasteiger partial charge is 0.379 e. The Morgan fingerprint density at radius 2 is 2.18 bits per heavy atom. The van der Waals surface area contributed by atoms with Crippen molar-refractivity contribution in [1.82, 2.24) is 24.8 Å². The average Bonchev–Trinajstić information content (AvgIpc) is 3.10. The molecule has 3 aromatic heterocycles. The minimum Gasteiger partial charge on any atom is -0.379 e. The van der Waals surface area contributed by atoms with Crippen LogP contribution in [0.5, 0.6) is 0 Å². The van der Waals surface area contributed by atoms with Crippen molar-refractivity contribution >= 4 is 28.4 Å². The molecular formula is C13H15N7O2. The van der Waals surface area contributed by atoms with Crippen LogP contribution in [0.4, 0.5) is 11.5 Å². The number of aromatic nitrogens is 5. The van der Waals surface area contributed by atoms with Gasteiger partial charge in [0, 0.05) is 13.0 Å². The molecule has 9 nitrogen and oxygen atoms in total. The van der Waals surface area contributed by atoms with E-state index >= 15 is 0 Å². The number of pyridine rings is 1. The minimum absolute atomic E-state index is 0.0951. The fourth-order valence-corrected chi connectivity index (χ4v) is 2.26. The first-order valence-corrected chi connectivity index (χ1v) is 6.88. The number of aryl methyl sites for hydroxylation is 1. The molecule has 3 N–H and O–H groups in total. The van der Waals surface area contributed by atoms with Crippen molar-refractivity contribution in [3.63, 3.8) is 0 Å². The average molecular weight is 301 g/mol. The number of nitrogens with two attached hydrogens (primary N) is 1. The molecule has 1 amide bonds. The maximum atomic E-state index is 11.7. The number of nitrogens with zero attached hydrogens (tertiary/aromatic N) is 5. The van der Waals surface area contributed by atoms with E-state index in [4.69, 9.17) is 5.73 Å². The fourth-order valence-electron chi connectivity index (χ4n) is 2.26. The van der Waals surface area contributed by atoms with Crippen molar-refractivity contribution < 1.29 is 9.42 Å². The number of hydrogen-bond acceptors (Lipinski definition) is 7. The van der Waals surface area contributed by atoms with E-state index in [9.17, 15) is 4.79 Å². The lowest BCUT2D eigenvalue weighted by Crippen LogP contribution is -2.11. The smallest absolute Gasteiger partial charge is 0.224 e. The quantitative estimate of drug-likeness (QED) is 0.746. The number of rotatable bonds is 4. The number of carbonyl (C=O) groups is 1. The van der Waals surface area contributed by atoms with E-state index in [-0.39, 0.29) is 11.7 Å². The molecule has 0 aliphatic heterocycles. The molecule has 0 fully saturated rings. The van der Waals surface area contributed by atoms with Crippen LogP contribution in [0.25, 0.3) is 22.6 Å². The summed E-state index contributed by atoms with van der Waals surface area (Å²) in [5.41, 5.74) is 8.11. The summed E-state index contributed by atoms with van der Waals surface area (Å²) in [7, 11) is 0. The first kappa shape index (κ1) is 14.0. The highest BCUT2D eigenvalue weighted by Gasteiger charge is 2.20. The van der Waals surface area contributed by atoms with Crippen molar-refractivity contribution in [3.05, 3.63) is 12.4 Å². The van der Waals surface area contributed by atoms with Crippen LogP contribution in [0.1, 0.15) is 20.3 Å². The van der Waals surface area contributed by atoms with Gasteiger partial charge in [0.15, 0.2) is 17.3 Å². The van der Waals surface area contributed by atoms with E-state index in [1.807, 2.05) is 11.5 Å². The topological polar surface area (TPSA) is 125 Å². The molecule has 0 unspecified atom stereocenters. The molecule has 0 aliphatic carbocycles. The number of hydrogen-bond donors (Lipinski definition) is 2. The lowest BCUT2D eigenvalue weighted by Gasteiger charge is -2.08. The minimum atomic E-state index is -0.0951. The van der Waals surface area contributed by atoms with E-state index in [2.05, 4.69) is 30.2 Å². The zero-order chi connectivity index (χ0) is 15.7. The van der Waals surface area contributed by atoms with Crippen LogP contribution >= 0.6 is 0 Å². The lowest BCUT2D eigenvalue weighted by molar-refractivity contribution is -0.115. The standard InChI is InChI=1S/C13H15N7O2/c1-3-9(21)16-7-5-15-6-8-11(7)20(4-2)13(17-8)10-12(14)19-22-18-10/h5-6H,3-4H2,1-2H3,(H2,14,19)(H,16,21). The summed E-state index contributed by atoms with van der Waals surface area (Å²) in [6.45, 7) is 4.35. The van der Waals surface area contributed by atoms with Crippen LogP contribution < -0.4 is 11.1 Å². The van der Waals surface area contributed by atoms with Crippen molar-refractivity contribution in [3.8, 4) is 11.5 Å². The SMILES string of the molecule is CCC(=O)Nc1cncc2nc(-c3nonc3N)n(CC)c12. The Labute approximate surface area is 125 Å². The summed E-state index contributed by atoms with van der Waals surface area (Å²) in [6.07, 6.45) is 3.60. The predicted octanol–water partition coefficient (Wildman–Crippen LogP) is 1.43. The maximum Gasteiger partial charge on any atom is 0.224 e. The van der Waals surface area contributed by atoms with E-state index in [1.165, 1.54) is 0 Å². The van der Waals surface area contributed by atoms with Gasteiger partial charge < -0.3 is 15.6 Å². The van der Waals surface area contributed by atoms with Gasteiger partial charge in [0.2, 0.25) is 5.91 Å². The Kier molecular flexibility index (Phi) is 3.45. The second-order valence-electron chi connectivity index (χ2n) is 4.63. The van der Waals surface area contributed by atoms with Gasteiger partial charge in [0.05, 0.1) is 23.6 Å². The molecule has 0 spiro atoms. The van der Waals surface area contributed by atoms with Crippen LogP contribution in [0, 0.1) is 0 Å².